The molecule has 0 amide bonds. The van der Waals surface area contributed by atoms with E-state index in [2.05, 4.69) is 0 Å². The topological polar surface area (TPSA) is 60.8 Å². The zero-order chi connectivity index (χ0) is 13.1. The Morgan fingerprint density at radius 2 is 2.00 bits per heavy atom. The van der Waals surface area contributed by atoms with Crippen LogP contribution in [-0.2, 0) is 11.3 Å². The van der Waals surface area contributed by atoms with Gasteiger partial charge in [0.15, 0.2) is 0 Å². The molecule has 94 valence electrons. The Bertz CT molecular complexity index is 520. The van der Waals surface area contributed by atoms with E-state index >= 15 is 0 Å². The summed E-state index contributed by atoms with van der Waals surface area (Å²) in [5, 5.41) is 18.4. The fourth-order valence-electron chi connectivity index (χ4n) is 1.73. The lowest BCUT2D eigenvalue weighted by Crippen LogP contribution is -2.24. The van der Waals surface area contributed by atoms with Crippen LogP contribution in [0.3, 0.4) is 0 Å². The Morgan fingerprint density at radius 3 is 2.56 bits per heavy atom. The average molecular weight is 249 g/mol. The molecular weight excluding hydrogens is 237 g/mol. The van der Waals surface area contributed by atoms with Crippen LogP contribution >= 0.6 is 0 Å². The standard InChI is InChI=1S/C13H12FNO3/c14-10-3-1-9(2-4-10)7-15-6-5-11(13(17)18)12(16)8-15/h1-6,16H,7-8H2,(H,17,18). The van der Waals surface area contributed by atoms with Crippen molar-refractivity contribution in [3.8, 4) is 0 Å². The van der Waals surface area contributed by atoms with Crippen molar-refractivity contribution in [2.24, 2.45) is 0 Å². The third kappa shape index (κ3) is 2.68. The average Bonchev–Trinajstić information content (AvgIpc) is 2.32. The molecule has 1 aromatic rings. The number of rotatable bonds is 3. The van der Waals surface area contributed by atoms with Crippen LogP contribution in [-0.4, -0.2) is 27.6 Å². The Kier molecular flexibility index (Phi) is 3.32. The zero-order valence-electron chi connectivity index (χ0n) is 9.51. The van der Waals surface area contributed by atoms with E-state index in [0.717, 1.165) is 5.56 Å². The maximum absolute atomic E-state index is 12.7. The van der Waals surface area contributed by atoms with Gasteiger partial charge in [0.2, 0.25) is 0 Å². The number of halogens is 1. The largest absolute Gasteiger partial charge is 0.510 e. The maximum Gasteiger partial charge on any atom is 0.339 e. The number of hydrogen-bond acceptors (Lipinski definition) is 3. The van der Waals surface area contributed by atoms with Gasteiger partial charge in [-0.2, -0.15) is 0 Å². The van der Waals surface area contributed by atoms with Crippen LogP contribution in [0.5, 0.6) is 0 Å². The molecule has 5 heteroatoms. The summed E-state index contributed by atoms with van der Waals surface area (Å²) in [6.45, 7) is 0.614. The molecule has 1 aliphatic heterocycles. The van der Waals surface area contributed by atoms with Gasteiger partial charge in [0.05, 0.1) is 6.54 Å². The smallest absolute Gasteiger partial charge is 0.339 e. The molecule has 0 atom stereocenters. The number of carboxylic acid groups (broad SMARTS) is 1. The number of hydrogen-bond donors (Lipinski definition) is 2. The first-order valence-corrected chi connectivity index (χ1v) is 5.38. The van der Waals surface area contributed by atoms with E-state index in [1.807, 2.05) is 0 Å². The molecule has 0 saturated carbocycles. The van der Waals surface area contributed by atoms with E-state index in [-0.39, 0.29) is 23.7 Å². The highest BCUT2D eigenvalue weighted by Crippen LogP contribution is 2.16. The molecular formula is C13H12FNO3. The van der Waals surface area contributed by atoms with E-state index in [0.29, 0.717) is 6.54 Å². The van der Waals surface area contributed by atoms with Gasteiger partial charge in [-0.1, -0.05) is 12.1 Å². The summed E-state index contributed by atoms with van der Waals surface area (Å²) in [6, 6.07) is 6.02. The summed E-state index contributed by atoms with van der Waals surface area (Å²) in [6.07, 6.45) is 2.96. The number of aliphatic hydroxyl groups is 1. The highest BCUT2D eigenvalue weighted by molar-refractivity contribution is 5.90. The van der Waals surface area contributed by atoms with Gasteiger partial charge in [0, 0.05) is 12.7 Å². The minimum atomic E-state index is -1.15. The van der Waals surface area contributed by atoms with Gasteiger partial charge in [0.1, 0.15) is 17.1 Å². The van der Waals surface area contributed by atoms with Gasteiger partial charge in [-0.25, -0.2) is 9.18 Å². The maximum atomic E-state index is 12.7. The van der Waals surface area contributed by atoms with Crippen molar-refractivity contribution in [2.75, 3.05) is 6.54 Å². The van der Waals surface area contributed by atoms with Crippen LogP contribution < -0.4 is 0 Å². The summed E-state index contributed by atoms with van der Waals surface area (Å²) in [5.41, 5.74) is 0.790. The number of carboxylic acids is 1. The van der Waals surface area contributed by atoms with Crippen molar-refractivity contribution in [2.45, 2.75) is 6.54 Å². The third-order valence-corrected chi connectivity index (χ3v) is 2.65. The Hall–Kier alpha value is -2.30. The molecule has 2 rings (SSSR count). The van der Waals surface area contributed by atoms with Crippen LogP contribution in [0.1, 0.15) is 5.56 Å². The van der Waals surface area contributed by atoms with Gasteiger partial charge in [0.25, 0.3) is 0 Å². The normalized spacial score (nSPS) is 15.1. The number of aliphatic carboxylic acids is 1. The molecule has 0 aromatic heterocycles. The molecule has 1 aromatic carbocycles. The second kappa shape index (κ2) is 4.91. The molecule has 0 bridgehead atoms. The molecule has 1 heterocycles. The second-order valence-corrected chi connectivity index (χ2v) is 4.01. The molecule has 4 nitrogen and oxygen atoms in total. The van der Waals surface area contributed by atoms with Crippen LogP contribution in [0.4, 0.5) is 4.39 Å². The predicted molar refractivity (Wildman–Crippen MR) is 63.2 cm³/mol. The summed E-state index contributed by atoms with van der Waals surface area (Å²) >= 11 is 0. The molecule has 0 spiro atoms. The third-order valence-electron chi connectivity index (χ3n) is 2.65. The Labute approximate surface area is 103 Å². The molecule has 0 saturated heterocycles. The van der Waals surface area contributed by atoms with Crippen LogP contribution in [0.25, 0.3) is 0 Å². The molecule has 2 N–H and O–H groups in total. The lowest BCUT2D eigenvalue weighted by Gasteiger charge is -2.23. The first kappa shape index (κ1) is 12.2. The van der Waals surface area contributed by atoms with Crippen LogP contribution in [0, 0.1) is 5.82 Å². The molecule has 18 heavy (non-hydrogen) atoms. The quantitative estimate of drug-likeness (QED) is 0.860. The van der Waals surface area contributed by atoms with Gasteiger partial charge < -0.3 is 15.1 Å². The molecule has 0 fully saturated rings. The van der Waals surface area contributed by atoms with E-state index in [4.69, 9.17) is 5.11 Å². The predicted octanol–water partition coefficient (Wildman–Crippen LogP) is 2.05. The van der Waals surface area contributed by atoms with Crippen LogP contribution in [0.2, 0.25) is 0 Å². The van der Waals surface area contributed by atoms with Crippen molar-refractivity contribution in [3.05, 3.63) is 59.3 Å². The van der Waals surface area contributed by atoms with Crippen molar-refractivity contribution >= 4 is 5.97 Å². The number of nitrogens with zero attached hydrogens (tertiary/aromatic N) is 1. The zero-order valence-corrected chi connectivity index (χ0v) is 9.51. The Balaban J connectivity index is 2.05. The summed E-state index contributed by atoms with van der Waals surface area (Å²) < 4.78 is 12.7. The van der Waals surface area contributed by atoms with E-state index in [1.165, 1.54) is 18.2 Å². The molecule has 1 aliphatic rings. The van der Waals surface area contributed by atoms with E-state index in [9.17, 15) is 14.3 Å². The highest BCUT2D eigenvalue weighted by atomic mass is 19.1. The van der Waals surface area contributed by atoms with Crippen LogP contribution in [0.15, 0.2) is 47.9 Å². The van der Waals surface area contributed by atoms with Gasteiger partial charge in [-0.15, -0.1) is 0 Å². The lowest BCUT2D eigenvalue weighted by atomic mass is 10.1. The van der Waals surface area contributed by atoms with Gasteiger partial charge >= 0.3 is 5.97 Å². The minimum absolute atomic E-state index is 0.0923. The number of carbonyl (C=O) groups is 1. The monoisotopic (exact) mass is 249 g/mol. The number of benzene rings is 1. The number of aliphatic hydroxyl groups excluding tert-OH is 1. The molecule has 0 aliphatic carbocycles. The summed E-state index contributed by atoms with van der Waals surface area (Å²) in [7, 11) is 0. The van der Waals surface area contributed by atoms with Gasteiger partial charge in [-0.05, 0) is 23.8 Å². The molecule has 0 radical (unpaired) electrons. The van der Waals surface area contributed by atoms with E-state index in [1.54, 1.807) is 23.2 Å². The second-order valence-electron chi connectivity index (χ2n) is 4.01. The Morgan fingerprint density at radius 1 is 1.33 bits per heavy atom. The SMILES string of the molecule is O=C(O)C1=C(O)CN(Cc2ccc(F)cc2)C=C1. The van der Waals surface area contributed by atoms with E-state index < -0.39 is 5.97 Å². The van der Waals surface area contributed by atoms with Crippen molar-refractivity contribution < 1.29 is 19.4 Å². The first-order valence-electron chi connectivity index (χ1n) is 5.38. The summed E-state index contributed by atoms with van der Waals surface area (Å²) in [4.78, 5) is 12.5. The highest BCUT2D eigenvalue weighted by Gasteiger charge is 2.17. The fourth-order valence-corrected chi connectivity index (χ4v) is 1.73. The van der Waals surface area contributed by atoms with Crippen molar-refractivity contribution in [1.29, 1.82) is 0 Å². The van der Waals surface area contributed by atoms with Crippen molar-refractivity contribution in [1.82, 2.24) is 4.90 Å². The van der Waals surface area contributed by atoms with Gasteiger partial charge in [-0.3, -0.25) is 0 Å². The summed E-state index contributed by atoms with van der Waals surface area (Å²) in [5.74, 6) is -1.62. The first-order chi connectivity index (χ1) is 8.56. The van der Waals surface area contributed by atoms with Crippen molar-refractivity contribution in [3.63, 3.8) is 0 Å². The minimum Gasteiger partial charge on any atom is -0.510 e. The fraction of sp³-hybridized carbons (Fsp3) is 0.154. The lowest BCUT2D eigenvalue weighted by molar-refractivity contribution is -0.132. The molecule has 0 unspecified atom stereocenters.